The molecule has 0 heterocycles. The van der Waals surface area contributed by atoms with E-state index in [0.29, 0.717) is 16.7 Å². The second kappa shape index (κ2) is 9.48. The van der Waals surface area contributed by atoms with Gasteiger partial charge in [0.1, 0.15) is 5.75 Å². The molecule has 7 nitrogen and oxygen atoms in total. The maximum atomic E-state index is 12.5. The van der Waals surface area contributed by atoms with Gasteiger partial charge in [0.25, 0.3) is 5.69 Å². The molecule has 2 aromatic rings. The first-order valence-electron chi connectivity index (χ1n) is 8.47. The monoisotopic (exact) mass is 435 g/mol. The Morgan fingerprint density at radius 3 is 2.67 bits per heavy atom. The van der Waals surface area contributed by atoms with E-state index in [2.05, 4.69) is 21.2 Å². The summed E-state index contributed by atoms with van der Waals surface area (Å²) in [7, 11) is 1.62. The van der Waals surface area contributed by atoms with Gasteiger partial charge in [0, 0.05) is 22.6 Å². The molecule has 0 fully saturated rings. The number of amides is 1. The molecule has 0 bridgehead atoms. The van der Waals surface area contributed by atoms with Crippen LogP contribution in [0.1, 0.15) is 25.5 Å². The minimum absolute atomic E-state index is 0.0242. The van der Waals surface area contributed by atoms with E-state index in [4.69, 9.17) is 4.74 Å². The normalized spacial score (nSPS) is 11.9. The average Bonchev–Trinajstić information content (AvgIpc) is 2.67. The van der Waals surface area contributed by atoms with Crippen LogP contribution in [0.3, 0.4) is 0 Å². The molecule has 0 aliphatic heterocycles. The van der Waals surface area contributed by atoms with Crippen molar-refractivity contribution in [2.45, 2.75) is 19.9 Å². The van der Waals surface area contributed by atoms with Crippen LogP contribution in [-0.4, -0.2) is 35.9 Å². The summed E-state index contributed by atoms with van der Waals surface area (Å²) in [6.07, 6.45) is 0. The number of nitrogens with one attached hydrogen (secondary N) is 1. The van der Waals surface area contributed by atoms with E-state index in [1.807, 2.05) is 43.0 Å². The van der Waals surface area contributed by atoms with Gasteiger partial charge >= 0.3 is 0 Å². The van der Waals surface area contributed by atoms with Crippen molar-refractivity contribution in [2.24, 2.45) is 0 Å². The van der Waals surface area contributed by atoms with E-state index in [1.54, 1.807) is 7.11 Å². The highest BCUT2D eigenvalue weighted by molar-refractivity contribution is 9.10. The predicted molar refractivity (Wildman–Crippen MR) is 108 cm³/mol. The molecule has 0 spiro atoms. The lowest BCUT2D eigenvalue weighted by Crippen LogP contribution is -2.35. The van der Waals surface area contributed by atoms with E-state index in [1.165, 1.54) is 18.2 Å². The summed E-state index contributed by atoms with van der Waals surface area (Å²) in [6.45, 7) is 4.91. The number of carbonyl (C=O) groups excluding carboxylic acids is 1. The summed E-state index contributed by atoms with van der Waals surface area (Å²) in [5.74, 6) is 0.579. The fourth-order valence-corrected chi connectivity index (χ4v) is 3.19. The average molecular weight is 436 g/mol. The molecule has 1 atom stereocenters. The van der Waals surface area contributed by atoms with Crippen molar-refractivity contribution < 1.29 is 14.5 Å². The van der Waals surface area contributed by atoms with Crippen LogP contribution in [0.4, 0.5) is 11.4 Å². The Morgan fingerprint density at radius 1 is 1.33 bits per heavy atom. The number of nitro groups is 1. The molecule has 0 saturated carbocycles. The lowest BCUT2D eigenvalue weighted by molar-refractivity contribution is -0.384. The molecular formula is C19H22BrN3O4. The number of rotatable bonds is 8. The molecule has 8 heteroatoms. The number of halogens is 1. The van der Waals surface area contributed by atoms with Gasteiger partial charge in [-0.25, -0.2) is 0 Å². The SMILES string of the molecule is CCN(CC(=O)Nc1ccc([N+](=O)[O-])cc1Br)C(C)c1cccc(OC)c1. The zero-order valence-electron chi connectivity index (χ0n) is 15.4. The van der Waals surface area contributed by atoms with Crippen LogP contribution in [0.15, 0.2) is 46.9 Å². The molecule has 0 aliphatic carbocycles. The minimum atomic E-state index is -0.481. The maximum absolute atomic E-state index is 12.5. The second-order valence-electron chi connectivity index (χ2n) is 5.99. The third kappa shape index (κ3) is 5.51. The molecule has 0 aliphatic rings. The van der Waals surface area contributed by atoms with Crippen LogP contribution in [0.2, 0.25) is 0 Å². The van der Waals surface area contributed by atoms with Gasteiger partial charge < -0.3 is 10.1 Å². The molecule has 1 unspecified atom stereocenters. The molecular weight excluding hydrogens is 414 g/mol. The van der Waals surface area contributed by atoms with E-state index in [9.17, 15) is 14.9 Å². The van der Waals surface area contributed by atoms with Crippen LogP contribution >= 0.6 is 15.9 Å². The van der Waals surface area contributed by atoms with Gasteiger partial charge in [-0.3, -0.25) is 19.8 Å². The number of hydrogen-bond donors (Lipinski definition) is 1. The number of methoxy groups -OCH3 is 1. The highest BCUT2D eigenvalue weighted by Crippen LogP contribution is 2.28. The van der Waals surface area contributed by atoms with E-state index in [-0.39, 0.29) is 24.2 Å². The van der Waals surface area contributed by atoms with Crippen LogP contribution in [0.25, 0.3) is 0 Å². The largest absolute Gasteiger partial charge is 0.497 e. The minimum Gasteiger partial charge on any atom is -0.497 e. The highest BCUT2D eigenvalue weighted by Gasteiger charge is 2.19. The number of anilines is 1. The van der Waals surface area contributed by atoms with Crippen molar-refractivity contribution in [2.75, 3.05) is 25.5 Å². The number of ether oxygens (including phenoxy) is 1. The third-order valence-electron chi connectivity index (χ3n) is 4.31. The summed E-state index contributed by atoms with van der Waals surface area (Å²) in [5.41, 5.74) is 1.51. The lowest BCUT2D eigenvalue weighted by Gasteiger charge is -2.27. The Labute approximate surface area is 166 Å². The van der Waals surface area contributed by atoms with Gasteiger partial charge in [-0.1, -0.05) is 19.1 Å². The van der Waals surface area contributed by atoms with Crippen LogP contribution in [-0.2, 0) is 4.79 Å². The van der Waals surface area contributed by atoms with Crippen LogP contribution < -0.4 is 10.1 Å². The standard InChI is InChI=1S/C19H22BrN3O4/c1-4-22(13(2)14-6-5-7-16(10-14)27-3)12-19(24)21-18-9-8-15(23(25)26)11-17(18)20/h5-11,13H,4,12H2,1-3H3,(H,21,24). The second-order valence-corrected chi connectivity index (χ2v) is 6.84. The summed E-state index contributed by atoms with van der Waals surface area (Å²) in [5, 5.41) is 13.6. The molecule has 0 aromatic heterocycles. The molecule has 0 saturated heterocycles. The molecule has 144 valence electrons. The van der Waals surface area contributed by atoms with Crippen LogP contribution in [0.5, 0.6) is 5.75 Å². The predicted octanol–water partition coefficient (Wildman–Crippen LogP) is 4.39. The summed E-state index contributed by atoms with van der Waals surface area (Å²) in [4.78, 5) is 24.8. The fourth-order valence-electron chi connectivity index (χ4n) is 2.73. The zero-order valence-corrected chi connectivity index (χ0v) is 17.0. The number of carbonyl (C=O) groups is 1. The van der Waals surface area contributed by atoms with Gasteiger partial charge in [0.15, 0.2) is 0 Å². The van der Waals surface area contributed by atoms with Gasteiger partial charge in [0.05, 0.1) is 24.3 Å². The first-order chi connectivity index (χ1) is 12.8. The van der Waals surface area contributed by atoms with Crippen molar-refractivity contribution >= 4 is 33.2 Å². The Bertz CT molecular complexity index is 828. The van der Waals surface area contributed by atoms with Gasteiger partial charge in [-0.2, -0.15) is 0 Å². The number of nitrogens with zero attached hydrogens (tertiary/aromatic N) is 2. The van der Waals surface area contributed by atoms with Gasteiger partial charge in [0.2, 0.25) is 5.91 Å². The topological polar surface area (TPSA) is 84.7 Å². The fraction of sp³-hybridized carbons (Fsp3) is 0.316. The quantitative estimate of drug-likeness (QED) is 0.490. The number of non-ortho nitro benzene ring substituents is 1. The highest BCUT2D eigenvalue weighted by atomic mass is 79.9. The van der Waals surface area contributed by atoms with Crippen molar-refractivity contribution in [3.05, 3.63) is 62.6 Å². The summed E-state index contributed by atoms with van der Waals surface area (Å²) >= 11 is 3.26. The first kappa shape index (κ1) is 20.9. The Balaban J connectivity index is 2.07. The zero-order chi connectivity index (χ0) is 20.0. The van der Waals surface area contributed by atoms with Crippen molar-refractivity contribution in [3.8, 4) is 5.75 Å². The Kier molecular flexibility index (Phi) is 7.32. The van der Waals surface area contributed by atoms with Gasteiger partial charge in [-0.05, 0) is 53.2 Å². The van der Waals surface area contributed by atoms with Gasteiger partial charge in [-0.15, -0.1) is 0 Å². The Morgan fingerprint density at radius 2 is 2.07 bits per heavy atom. The van der Waals surface area contributed by atoms with Crippen LogP contribution in [0, 0.1) is 10.1 Å². The smallest absolute Gasteiger partial charge is 0.270 e. The molecule has 2 aromatic carbocycles. The van der Waals surface area contributed by atoms with Crippen molar-refractivity contribution in [1.82, 2.24) is 4.90 Å². The van der Waals surface area contributed by atoms with E-state index >= 15 is 0 Å². The molecule has 1 amide bonds. The molecule has 2 rings (SSSR count). The van der Waals surface area contributed by atoms with Crippen molar-refractivity contribution in [1.29, 1.82) is 0 Å². The Hall–Kier alpha value is -2.45. The maximum Gasteiger partial charge on any atom is 0.270 e. The summed E-state index contributed by atoms with van der Waals surface area (Å²) in [6, 6.07) is 12.0. The van der Waals surface area contributed by atoms with E-state index in [0.717, 1.165) is 11.3 Å². The first-order valence-corrected chi connectivity index (χ1v) is 9.26. The van der Waals surface area contributed by atoms with E-state index < -0.39 is 4.92 Å². The third-order valence-corrected chi connectivity index (χ3v) is 4.97. The molecule has 1 N–H and O–H groups in total. The lowest BCUT2D eigenvalue weighted by atomic mass is 10.1. The van der Waals surface area contributed by atoms with Crippen molar-refractivity contribution in [3.63, 3.8) is 0 Å². The molecule has 0 radical (unpaired) electrons. The number of hydrogen-bond acceptors (Lipinski definition) is 5. The number of benzene rings is 2. The summed E-state index contributed by atoms with van der Waals surface area (Å²) < 4.78 is 5.73. The molecule has 27 heavy (non-hydrogen) atoms. The number of nitro benzene ring substituents is 1. The number of likely N-dealkylation sites (N-methyl/N-ethyl adjacent to an activating group) is 1.